The molecule has 4 N–H and O–H groups in total. The highest BCUT2D eigenvalue weighted by molar-refractivity contribution is 6.31. The van der Waals surface area contributed by atoms with Crippen molar-refractivity contribution < 1.29 is 9.18 Å². The lowest BCUT2D eigenvalue weighted by Crippen LogP contribution is -2.16. The molecule has 0 bridgehead atoms. The molecule has 0 saturated heterocycles. The first kappa shape index (κ1) is 13.3. The lowest BCUT2D eigenvalue weighted by Gasteiger charge is -2.07. The SMILES string of the molecule is NNc1ccnc(C(=O)Nc2cccc(Cl)c2F)c1. The molecule has 0 spiro atoms. The van der Waals surface area contributed by atoms with Gasteiger partial charge >= 0.3 is 0 Å². The third-order valence-electron chi connectivity index (χ3n) is 2.36. The summed E-state index contributed by atoms with van der Waals surface area (Å²) in [7, 11) is 0. The minimum absolute atomic E-state index is 0.00888. The maximum absolute atomic E-state index is 13.6. The molecule has 0 fully saturated rings. The number of hydrogen-bond donors (Lipinski definition) is 3. The van der Waals surface area contributed by atoms with E-state index in [9.17, 15) is 9.18 Å². The summed E-state index contributed by atoms with van der Waals surface area (Å²) in [6.07, 6.45) is 1.42. The number of nitrogens with two attached hydrogens (primary N) is 1. The summed E-state index contributed by atoms with van der Waals surface area (Å²) >= 11 is 5.62. The van der Waals surface area contributed by atoms with Crippen molar-refractivity contribution in [2.45, 2.75) is 0 Å². The zero-order valence-electron chi connectivity index (χ0n) is 9.65. The number of aromatic nitrogens is 1. The molecule has 7 heteroatoms. The summed E-state index contributed by atoms with van der Waals surface area (Å²) in [5, 5.41) is 2.32. The van der Waals surface area contributed by atoms with Crippen molar-refractivity contribution in [3.63, 3.8) is 0 Å². The molecule has 0 unspecified atom stereocenters. The highest BCUT2D eigenvalue weighted by Crippen LogP contribution is 2.22. The number of carbonyl (C=O) groups excluding carboxylic acids is 1. The van der Waals surface area contributed by atoms with Gasteiger partial charge in [0.2, 0.25) is 0 Å². The van der Waals surface area contributed by atoms with Crippen LogP contribution >= 0.6 is 11.6 Å². The van der Waals surface area contributed by atoms with Crippen LogP contribution in [-0.2, 0) is 0 Å². The van der Waals surface area contributed by atoms with Crippen molar-refractivity contribution in [2.24, 2.45) is 5.84 Å². The number of hydrogen-bond acceptors (Lipinski definition) is 4. The van der Waals surface area contributed by atoms with E-state index in [0.29, 0.717) is 5.69 Å². The first-order valence-electron chi connectivity index (χ1n) is 5.30. The number of amides is 1. The number of nitrogens with one attached hydrogen (secondary N) is 2. The van der Waals surface area contributed by atoms with Crippen LogP contribution < -0.4 is 16.6 Å². The van der Waals surface area contributed by atoms with Gasteiger partial charge in [-0.25, -0.2) is 4.39 Å². The maximum atomic E-state index is 13.6. The van der Waals surface area contributed by atoms with E-state index >= 15 is 0 Å². The highest BCUT2D eigenvalue weighted by atomic mass is 35.5. The molecule has 0 atom stereocenters. The summed E-state index contributed by atoms with van der Waals surface area (Å²) < 4.78 is 13.6. The number of hydrazine groups is 1. The van der Waals surface area contributed by atoms with Crippen molar-refractivity contribution in [2.75, 3.05) is 10.7 Å². The standard InChI is InChI=1S/C12H10ClFN4O/c13-8-2-1-3-9(11(8)14)17-12(19)10-6-7(18-15)4-5-16-10/h1-6H,15H2,(H,16,18)(H,17,19). The molecule has 1 amide bonds. The van der Waals surface area contributed by atoms with Crippen LogP contribution in [0.1, 0.15) is 10.5 Å². The molecule has 0 aliphatic heterocycles. The number of rotatable bonds is 3. The Morgan fingerprint density at radius 1 is 1.37 bits per heavy atom. The fourth-order valence-electron chi connectivity index (χ4n) is 1.43. The molecule has 0 aliphatic rings. The van der Waals surface area contributed by atoms with Gasteiger partial charge in [-0.15, -0.1) is 0 Å². The largest absolute Gasteiger partial charge is 0.324 e. The number of anilines is 2. The van der Waals surface area contributed by atoms with Crippen LogP contribution in [0.4, 0.5) is 15.8 Å². The van der Waals surface area contributed by atoms with Gasteiger partial charge in [-0.2, -0.15) is 0 Å². The Bertz CT molecular complexity index is 620. The van der Waals surface area contributed by atoms with E-state index in [4.69, 9.17) is 17.4 Å². The molecular weight excluding hydrogens is 271 g/mol. The first-order chi connectivity index (χ1) is 9.11. The van der Waals surface area contributed by atoms with Gasteiger partial charge in [0.05, 0.1) is 16.4 Å². The van der Waals surface area contributed by atoms with Crippen LogP contribution in [0.5, 0.6) is 0 Å². The monoisotopic (exact) mass is 280 g/mol. The Hall–Kier alpha value is -2.18. The van der Waals surface area contributed by atoms with Crippen molar-refractivity contribution >= 4 is 28.9 Å². The lowest BCUT2D eigenvalue weighted by molar-refractivity contribution is 0.102. The molecule has 2 rings (SSSR count). The quantitative estimate of drug-likeness (QED) is 0.596. The van der Waals surface area contributed by atoms with Crippen molar-refractivity contribution in [3.05, 3.63) is 53.1 Å². The Balaban J connectivity index is 2.23. The first-order valence-corrected chi connectivity index (χ1v) is 5.67. The van der Waals surface area contributed by atoms with Crippen LogP contribution in [-0.4, -0.2) is 10.9 Å². The van der Waals surface area contributed by atoms with Crippen LogP contribution in [0.15, 0.2) is 36.5 Å². The maximum Gasteiger partial charge on any atom is 0.274 e. The van der Waals surface area contributed by atoms with Crippen LogP contribution in [0.3, 0.4) is 0 Å². The van der Waals surface area contributed by atoms with Gasteiger partial charge in [0, 0.05) is 6.20 Å². The third kappa shape index (κ3) is 2.98. The van der Waals surface area contributed by atoms with Crippen molar-refractivity contribution in [1.29, 1.82) is 0 Å². The minimum atomic E-state index is -0.689. The number of halogens is 2. The summed E-state index contributed by atoms with van der Waals surface area (Å²) in [6.45, 7) is 0. The molecule has 98 valence electrons. The second-order valence-corrected chi connectivity index (χ2v) is 4.04. The van der Waals surface area contributed by atoms with E-state index in [0.717, 1.165) is 0 Å². The van der Waals surface area contributed by atoms with E-state index in [-0.39, 0.29) is 16.4 Å². The molecule has 1 aromatic carbocycles. The molecular formula is C12H10ClFN4O. The number of nitrogen functional groups attached to an aromatic ring is 1. The molecule has 1 aromatic heterocycles. The molecule has 2 aromatic rings. The average molecular weight is 281 g/mol. The zero-order chi connectivity index (χ0) is 13.8. The molecule has 0 aliphatic carbocycles. The predicted octanol–water partition coefficient (Wildman–Crippen LogP) is 2.41. The Morgan fingerprint density at radius 3 is 2.89 bits per heavy atom. The van der Waals surface area contributed by atoms with Crippen molar-refractivity contribution in [1.82, 2.24) is 4.98 Å². The van der Waals surface area contributed by atoms with E-state index < -0.39 is 11.7 Å². The van der Waals surface area contributed by atoms with Gasteiger partial charge in [0.1, 0.15) is 5.69 Å². The number of pyridine rings is 1. The van der Waals surface area contributed by atoms with Gasteiger partial charge in [-0.1, -0.05) is 17.7 Å². The Morgan fingerprint density at radius 2 is 2.16 bits per heavy atom. The summed E-state index contributed by atoms with van der Waals surface area (Å²) in [6, 6.07) is 7.37. The summed E-state index contributed by atoms with van der Waals surface area (Å²) in [4.78, 5) is 15.8. The van der Waals surface area contributed by atoms with Crippen LogP contribution in [0.25, 0.3) is 0 Å². The molecule has 5 nitrogen and oxygen atoms in total. The predicted molar refractivity (Wildman–Crippen MR) is 71.4 cm³/mol. The summed E-state index contributed by atoms with van der Waals surface area (Å²) in [5.74, 6) is 3.98. The second-order valence-electron chi connectivity index (χ2n) is 3.63. The van der Waals surface area contributed by atoms with Gasteiger partial charge in [0.15, 0.2) is 5.82 Å². The molecule has 0 radical (unpaired) electrons. The van der Waals surface area contributed by atoms with Gasteiger partial charge in [-0.05, 0) is 24.3 Å². The van der Waals surface area contributed by atoms with Gasteiger partial charge in [-0.3, -0.25) is 15.6 Å². The third-order valence-corrected chi connectivity index (χ3v) is 2.65. The normalized spacial score (nSPS) is 10.1. The van der Waals surface area contributed by atoms with E-state index in [1.54, 1.807) is 6.07 Å². The smallest absolute Gasteiger partial charge is 0.274 e. The van der Waals surface area contributed by atoms with Crippen LogP contribution in [0.2, 0.25) is 5.02 Å². The number of benzene rings is 1. The lowest BCUT2D eigenvalue weighted by atomic mass is 10.2. The van der Waals surface area contributed by atoms with E-state index in [1.807, 2.05) is 0 Å². The average Bonchev–Trinajstić information content (AvgIpc) is 2.44. The topological polar surface area (TPSA) is 80.0 Å². The highest BCUT2D eigenvalue weighted by Gasteiger charge is 2.12. The van der Waals surface area contributed by atoms with Crippen LogP contribution in [0, 0.1) is 5.82 Å². The minimum Gasteiger partial charge on any atom is -0.324 e. The fourth-order valence-corrected chi connectivity index (χ4v) is 1.61. The van der Waals surface area contributed by atoms with Gasteiger partial charge in [0.25, 0.3) is 5.91 Å². The summed E-state index contributed by atoms with van der Waals surface area (Å²) in [5.41, 5.74) is 3.01. The fraction of sp³-hybridized carbons (Fsp3) is 0. The zero-order valence-corrected chi connectivity index (χ0v) is 10.4. The van der Waals surface area contributed by atoms with Gasteiger partial charge < -0.3 is 10.7 Å². The Labute approximate surface area is 113 Å². The Kier molecular flexibility index (Phi) is 3.94. The van der Waals surface area contributed by atoms with E-state index in [2.05, 4.69) is 15.7 Å². The molecule has 1 heterocycles. The molecule has 0 saturated carbocycles. The second kappa shape index (κ2) is 5.64. The van der Waals surface area contributed by atoms with Crippen molar-refractivity contribution in [3.8, 4) is 0 Å². The van der Waals surface area contributed by atoms with E-state index in [1.165, 1.54) is 30.5 Å². The number of nitrogens with zero attached hydrogens (tertiary/aromatic N) is 1. The molecule has 19 heavy (non-hydrogen) atoms. The number of carbonyl (C=O) groups is 1.